The van der Waals surface area contributed by atoms with Crippen LogP contribution in [0.2, 0.25) is 0 Å². The van der Waals surface area contributed by atoms with E-state index >= 15 is 0 Å². The number of hydrogen-bond acceptors (Lipinski definition) is 2. The molecule has 2 aromatic carbocycles. The summed E-state index contributed by atoms with van der Waals surface area (Å²) in [5.74, 6) is 0. The molecular formula is C14H10Br3NO2. The zero-order chi connectivity index (χ0) is 14.7. The van der Waals surface area contributed by atoms with Crippen LogP contribution < -0.4 is 0 Å². The summed E-state index contributed by atoms with van der Waals surface area (Å²) >= 11 is 10.7. The van der Waals surface area contributed by atoms with Gasteiger partial charge in [0.25, 0.3) is 5.69 Å². The van der Waals surface area contributed by atoms with Crippen molar-refractivity contribution >= 4 is 53.5 Å². The van der Waals surface area contributed by atoms with E-state index in [-0.39, 0.29) is 15.4 Å². The Labute approximate surface area is 141 Å². The minimum absolute atomic E-state index is 0.114. The number of nitro groups is 1. The molecule has 0 radical (unpaired) electrons. The predicted octanol–water partition coefficient (Wildman–Crippen LogP) is 5.80. The van der Waals surface area contributed by atoms with Gasteiger partial charge in [-0.25, -0.2) is 0 Å². The molecule has 2 rings (SSSR count). The first-order valence-electron chi connectivity index (χ1n) is 5.79. The van der Waals surface area contributed by atoms with E-state index in [1.165, 1.54) is 12.1 Å². The largest absolute Gasteiger partial charge is 0.269 e. The molecule has 0 bridgehead atoms. The number of benzene rings is 2. The van der Waals surface area contributed by atoms with E-state index in [9.17, 15) is 10.1 Å². The van der Waals surface area contributed by atoms with Gasteiger partial charge in [0.2, 0.25) is 0 Å². The summed E-state index contributed by atoms with van der Waals surface area (Å²) in [5.41, 5.74) is 2.30. The molecule has 0 aliphatic heterocycles. The fraction of sp³-hybridized carbons (Fsp3) is 0.143. The molecule has 0 aliphatic carbocycles. The van der Waals surface area contributed by atoms with E-state index in [2.05, 4.69) is 53.9 Å². The lowest BCUT2D eigenvalue weighted by atomic mass is 10.0. The van der Waals surface area contributed by atoms with Crippen molar-refractivity contribution in [1.82, 2.24) is 0 Å². The maximum absolute atomic E-state index is 10.6. The van der Waals surface area contributed by atoms with Crippen molar-refractivity contribution in [2.75, 3.05) is 0 Å². The summed E-state index contributed by atoms with van der Waals surface area (Å²) in [4.78, 5) is 10.4. The van der Waals surface area contributed by atoms with Crippen LogP contribution in [0.3, 0.4) is 0 Å². The molecule has 6 heteroatoms. The third kappa shape index (κ3) is 3.90. The highest BCUT2D eigenvalue weighted by atomic mass is 79.9. The molecule has 0 heterocycles. The highest BCUT2D eigenvalue weighted by Crippen LogP contribution is 2.34. The number of nitrogens with zero attached hydrogens (tertiary/aromatic N) is 1. The zero-order valence-corrected chi connectivity index (χ0v) is 15.0. The molecule has 0 N–H and O–H groups in total. The molecule has 104 valence electrons. The van der Waals surface area contributed by atoms with Gasteiger partial charge < -0.3 is 0 Å². The topological polar surface area (TPSA) is 43.1 Å². The Hall–Kier alpha value is -0.720. The molecule has 2 aromatic rings. The Kier molecular flexibility index (Phi) is 5.35. The molecule has 0 aliphatic rings. The van der Waals surface area contributed by atoms with E-state index in [4.69, 9.17) is 0 Å². The van der Waals surface area contributed by atoms with Gasteiger partial charge in [0, 0.05) is 25.9 Å². The average molecular weight is 464 g/mol. The van der Waals surface area contributed by atoms with Crippen LogP contribution in [0.5, 0.6) is 0 Å². The molecule has 3 nitrogen and oxygen atoms in total. The lowest BCUT2D eigenvalue weighted by Gasteiger charge is -2.13. The first-order chi connectivity index (χ1) is 9.47. The van der Waals surface area contributed by atoms with Crippen LogP contribution in [0.4, 0.5) is 5.69 Å². The van der Waals surface area contributed by atoms with Gasteiger partial charge in [-0.2, -0.15) is 0 Å². The lowest BCUT2D eigenvalue weighted by Crippen LogP contribution is -1.97. The van der Waals surface area contributed by atoms with Gasteiger partial charge in [0.1, 0.15) is 0 Å². The van der Waals surface area contributed by atoms with Crippen molar-refractivity contribution in [1.29, 1.82) is 0 Å². The van der Waals surface area contributed by atoms with Crippen molar-refractivity contribution in [3.05, 3.63) is 72.7 Å². The molecule has 0 saturated carbocycles. The number of nitro benzene ring substituents is 1. The molecule has 0 fully saturated rings. The Morgan fingerprint density at radius 1 is 1.10 bits per heavy atom. The molecular weight excluding hydrogens is 454 g/mol. The summed E-state index contributed by atoms with van der Waals surface area (Å²) in [5, 5.41) is 10.6. The number of non-ortho nitro benzene ring substituents is 1. The van der Waals surface area contributed by atoms with E-state index in [1.54, 1.807) is 12.1 Å². The van der Waals surface area contributed by atoms with Crippen LogP contribution in [0.25, 0.3) is 0 Å². The maximum atomic E-state index is 10.6. The molecule has 20 heavy (non-hydrogen) atoms. The fourth-order valence-electron chi connectivity index (χ4n) is 1.83. The minimum Gasteiger partial charge on any atom is -0.258 e. The lowest BCUT2D eigenvalue weighted by molar-refractivity contribution is -0.384. The van der Waals surface area contributed by atoms with Crippen molar-refractivity contribution in [2.45, 2.75) is 11.2 Å². The third-order valence-corrected chi connectivity index (χ3v) is 4.89. The Morgan fingerprint density at radius 3 is 2.35 bits per heavy atom. The number of alkyl halides is 1. The number of rotatable bonds is 4. The minimum atomic E-state index is -0.389. The Morgan fingerprint density at radius 2 is 1.75 bits per heavy atom. The van der Waals surface area contributed by atoms with Crippen molar-refractivity contribution in [2.24, 2.45) is 0 Å². The van der Waals surface area contributed by atoms with Gasteiger partial charge in [-0.15, -0.1) is 0 Å². The summed E-state index contributed by atoms with van der Waals surface area (Å²) in [6.07, 6.45) is 0.757. The van der Waals surface area contributed by atoms with Crippen LogP contribution in [-0.2, 0) is 6.42 Å². The first-order valence-corrected chi connectivity index (χ1v) is 8.30. The van der Waals surface area contributed by atoms with E-state index in [0.717, 1.165) is 26.5 Å². The smallest absolute Gasteiger partial charge is 0.258 e. The van der Waals surface area contributed by atoms with E-state index in [1.807, 2.05) is 12.1 Å². The average Bonchev–Trinajstić information content (AvgIpc) is 2.42. The van der Waals surface area contributed by atoms with Crippen molar-refractivity contribution in [3.8, 4) is 0 Å². The van der Waals surface area contributed by atoms with E-state index in [0.29, 0.717) is 0 Å². The first kappa shape index (κ1) is 15.7. The van der Waals surface area contributed by atoms with Crippen molar-refractivity contribution in [3.63, 3.8) is 0 Å². The van der Waals surface area contributed by atoms with Crippen LogP contribution >= 0.6 is 47.8 Å². The molecule has 0 saturated heterocycles. The second kappa shape index (κ2) is 6.83. The van der Waals surface area contributed by atoms with Gasteiger partial charge in [-0.3, -0.25) is 10.1 Å². The van der Waals surface area contributed by atoms with Gasteiger partial charge in [-0.05, 0) is 35.7 Å². The molecule has 0 spiro atoms. The third-order valence-electron chi connectivity index (χ3n) is 2.86. The van der Waals surface area contributed by atoms with Gasteiger partial charge >= 0.3 is 0 Å². The highest BCUT2D eigenvalue weighted by Gasteiger charge is 2.13. The quantitative estimate of drug-likeness (QED) is 0.327. The van der Waals surface area contributed by atoms with E-state index < -0.39 is 0 Å². The molecule has 0 aromatic heterocycles. The molecule has 1 atom stereocenters. The maximum Gasteiger partial charge on any atom is 0.269 e. The molecule has 1 unspecified atom stereocenters. The Bertz CT molecular complexity index is 629. The van der Waals surface area contributed by atoms with Gasteiger partial charge in [0.15, 0.2) is 0 Å². The second-order valence-electron chi connectivity index (χ2n) is 4.26. The summed E-state index contributed by atoms with van der Waals surface area (Å²) < 4.78 is 2.05. The predicted molar refractivity (Wildman–Crippen MR) is 90.3 cm³/mol. The standard InChI is InChI=1S/C14H10Br3NO2/c15-10-3-6-13(16)12(8-10)14(17)7-9-1-4-11(5-2-9)18(19)20/h1-6,8,14H,7H2. The Balaban J connectivity index is 2.16. The summed E-state index contributed by atoms with van der Waals surface area (Å²) in [7, 11) is 0. The van der Waals surface area contributed by atoms with Gasteiger partial charge in [0.05, 0.1) is 4.92 Å². The number of halogens is 3. The highest BCUT2D eigenvalue weighted by molar-refractivity contribution is 9.11. The van der Waals surface area contributed by atoms with Crippen LogP contribution in [-0.4, -0.2) is 4.92 Å². The monoisotopic (exact) mass is 461 g/mol. The fourth-order valence-corrected chi connectivity index (χ4v) is 3.79. The van der Waals surface area contributed by atoms with Gasteiger partial charge in [-0.1, -0.05) is 59.9 Å². The summed E-state index contributed by atoms with van der Waals surface area (Å²) in [6, 6.07) is 12.7. The zero-order valence-electron chi connectivity index (χ0n) is 10.2. The van der Waals surface area contributed by atoms with Crippen molar-refractivity contribution < 1.29 is 4.92 Å². The molecule has 0 amide bonds. The van der Waals surface area contributed by atoms with Crippen LogP contribution in [0.15, 0.2) is 51.4 Å². The van der Waals surface area contributed by atoms with Crippen LogP contribution in [0, 0.1) is 10.1 Å². The second-order valence-corrected chi connectivity index (χ2v) is 7.14. The summed E-state index contributed by atoms with van der Waals surface area (Å²) in [6.45, 7) is 0. The number of hydrogen-bond donors (Lipinski definition) is 0. The SMILES string of the molecule is O=[N+]([O-])c1ccc(CC(Br)c2cc(Br)ccc2Br)cc1. The van der Waals surface area contributed by atoms with Crippen LogP contribution in [0.1, 0.15) is 16.0 Å². The normalized spacial score (nSPS) is 12.2.